The molecule has 0 saturated heterocycles. The van der Waals surface area contributed by atoms with E-state index < -0.39 is 15.8 Å². The van der Waals surface area contributed by atoms with E-state index in [1.165, 1.54) is 7.05 Å². The molecule has 8 heteroatoms. The minimum Gasteiger partial charge on any atom is -0.396 e. The van der Waals surface area contributed by atoms with Gasteiger partial charge in [-0.25, -0.2) is 12.8 Å². The predicted molar refractivity (Wildman–Crippen MR) is 76.7 cm³/mol. The van der Waals surface area contributed by atoms with Gasteiger partial charge in [-0.3, -0.25) is 0 Å². The van der Waals surface area contributed by atoms with Crippen molar-refractivity contribution in [2.75, 3.05) is 25.9 Å². The Kier molecular flexibility index (Phi) is 5.76. The number of hydrogen-bond acceptors (Lipinski definition) is 4. The first-order chi connectivity index (χ1) is 9.16. The number of anilines is 1. The van der Waals surface area contributed by atoms with E-state index in [4.69, 9.17) is 22.1 Å². The van der Waals surface area contributed by atoms with E-state index in [1.807, 2.05) is 13.8 Å². The van der Waals surface area contributed by atoms with Crippen LogP contribution < -0.4 is 5.73 Å². The van der Waals surface area contributed by atoms with Gasteiger partial charge in [0.2, 0.25) is 10.0 Å². The molecule has 0 atom stereocenters. The lowest BCUT2D eigenvalue weighted by Crippen LogP contribution is -2.31. The topological polar surface area (TPSA) is 72.6 Å². The van der Waals surface area contributed by atoms with Crippen LogP contribution in [-0.4, -0.2) is 39.0 Å². The monoisotopic (exact) mass is 324 g/mol. The summed E-state index contributed by atoms with van der Waals surface area (Å²) in [6.07, 6.45) is 0.0103. The molecule has 0 aliphatic heterocycles. The summed E-state index contributed by atoms with van der Waals surface area (Å²) in [5, 5.41) is -0.201. The second-order valence-corrected chi connectivity index (χ2v) is 6.97. The van der Waals surface area contributed by atoms with Crippen LogP contribution in [0.3, 0.4) is 0 Å². The molecule has 2 N–H and O–H groups in total. The highest BCUT2D eigenvalue weighted by molar-refractivity contribution is 7.89. The molecule has 0 saturated carbocycles. The van der Waals surface area contributed by atoms with Crippen LogP contribution in [-0.2, 0) is 14.8 Å². The average Bonchev–Trinajstić information content (AvgIpc) is 2.32. The molecule has 0 fully saturated rings. The lowest BCUT2D eigenvalue weighted by molar-refractivity contribution is 0.0737. The van der Waals surface area contributed by atoms with Crippen LogP contribution in [0.4, 0.5) is 10.1 Å². The second-order valence-electron chi connectivity index (χ2n) is 4.55. The van der Waals surface area contributed by atoms with E-state index in [0.717, 1.165) is 16.4 Å². The molecule has 0 aromatic heterocycles. The van der Waals surface area contributed by atoms with Crippen molar-refractivity contribution in [2.24, 2.45) is 0 Å². The van der Waals surface area contributed by atoms with Crippen LogP contribution in [0, 0.1) is 5.82 Å². The SMILES string of the molecule is CC(C)OCCN(C)S(=O)(=O)c1cc(N)c(F)cc1Cl. The minimum atomic E-state index is -3.83. The molecule has 0 spiro atoms. The van der Waals surface area contributed by atoms with Crippen molar-refractivity contribution in [1.82, 2.24) is 4.31 Å². The van der Waals surface area contributed by atoms with Crippen molar-refractivity contribution >= 4 is 27.3 Å². The Hall–Kier alpha value is -0.890. The summed E-state index contributed by atoms with van der Waals surface area (Å²) in [5.41, 5.74) is 5.12. The summed E-state index contributed by atoms with van der Waals surface area (Å²) in [6, 6.07) is 1.91. The molecule has 0 bridgehead atoms. The molecular formula is C12H18ClFN2O3S. The zero-order valence-electron chi connectivity index (χ0n) is 11.6. The van der Waals surface area contributed by atoms with E-state index in [2.05, 4.69) is 0 Å². The normalized spacial score (nSPS) is 12.3. The Balaban J connectivity index is 2.96. The first kappa shape index (κ1) is 17.2. The third-order valence-electron chi connectivity index (χ3n) is 2.60. The quantitative estimate of drug-likeness (QED) is 0.813. The molecule has 1 aromatic rings. The molecule has 0 radical (unpaired) electrons. The lowest BCUT2D eigenvalue weighted by atomic mass is 10.3. The molecular weight excluding hydrogens is 307 g/mol. The van der Waals surface area contributed by atoms with E-state index in [9.17, 15) is 12.8 Å². The van der Waals surface area contributed by atoms with Crippen molar-refractivity contribution in [3.05, 3.63) is 23.0 Å². The molecule has 0 amide bonds. The summed E-state index contributed by atoms with van der Waals surface area (Å²) in [6.45, 7) is 4.12. The van der Waals surface area contributed by atoms with Gasteiger partial charge in [-0.1, -0.05) is 11.6 Å². The molecule has 0 heterocycles. The van der Waals surface area contributed by atoms with Crippen LogP contribution in [0.15, 0.2) is 17.0 Å². The van der Waals surface area contributed by atoms with Crippen LogP contribution in [0.1, 0.15) is 13.8 Å². The molecule has 20 heavy (non-hydrogen) atoms. The maximum absolute atomic E-state index is 13.2. The first-order valence-electron chi connectivity index (χ1n) is 5.98. The fourth-order valence-corrected chi connectivity index (χ4v) is 3.12. The van der Waals surface area contributed by atoms with Crippen molar-refractivity contribution in [3.8, 4) is 0 Å². The van der Waals surface area contributed by atoms with E-state index in [1.54, 1.807) is 0 Å². The summed E-state index contributed by atoms with van der Waals surface area (Å²) < 4.78 is 44.2. The van der Waals surface area contributed by atoms with Gasteiger partial charge in [-0.2, -0.15) is 4.31 Å². The third kappa shape index (κ3) is 4.05. The number of benzene rings is 1. The fourth-order valence-electron chi connectivity index (χ4n) is 1.45. The van der Waals surface area contributed by atoms with Gasteiger partial charge in [-0.05, 0) is 26.0 Å². The van der Waals surface area contributed by atoms with Crippen molar-refractivity contribution in [1.29, 1.82) is 0 Å². The van der Waals surface area contributed by atoms with Gasteiger partial charge in [0.1, 0.15) is 10.7 Å². The summed E-state index contributed by atoms with van der Waals surface area (Å²) in [7, 11) is -2.43. The van der Waals surface area contributed by atoms with Crippen molar-refractivity contribution < 1.29 is 17.5 Å². The summed E-state index contributed by atoms with van der Waals surface area (Å²) in [4.78, 5) is -0.217. The molecule has 0 aliphatic rings. The number of halogens is 2. The number of nitrogen functional groups attached to an aromatic ring is 1. The number of hydrogen-bond donors (Lipinski definition) is 1. The molecule has 1 rings (SSSR count). The molecule has 0 unspecified atom stereocenters. The van der Waals surface area contributed by atoms with E-state index >= 15 is 0 Å². The fraction of sp³-hybridized carbons (Fsp3) is 0.500. The predicted octanol–water partition coefficient (Wildman–Crippen LogP) is 2.11. The minimum absolute atomic E-state index is 0.0103. The number of nitrogens with zero attached hydrogens (tertiary/aromatic N) is 1. The maximum Gasteiger partial charge on any atom is 0.244 e. The smallest absolute Gasteiger partial charge is 0.244 e. The standard InChI is InChI=1S/C12H18ClFN2O3S/c1-8(2)19-5-4-16(3)20(17,18)12-7-11(15)10(14)6-9(12)13/h6-8H,4-5,15H2,1-3H3. The molecule has 0 aliphatic carbocycles. The lowest BCUT2D eigenvalue weighted by Gasteiger charge is -2.19. The van der Waals surface area contributed by atoms with Gasteiger partial charge < -0.3 is 10.5 Å². The zero-order chi connectivity index (χ0) is 15.5. The van der Waals surface area contributed by atoms with Crippen molar-refractivity contribution in [2.45, 2.75) is 24.8 Å². The highest BCUT2D eigenvalue weighted by Gasteiger charge is 2.24. The van der Waals surface area contributed by atoms with Crippen LogP contribution in [0.2, 0.25) is 5.02 Å². The van der Waals surface area contributed by atoms with Crippen LogP contribution in [0.25, 0.3) is 0 Å². The number of rotatable bonds is 6. The Morgan fingerprint density at radius 1 is 1.45 bits per heavy atom. The average molecular weight is 325 g/mol. The van der Waals surface area contributed by atoms with Crippen molar-refractivity contribution in [3.63, 3.8) is 0 Å². The Morgan fingerprint density at radius 2 is 2.05 bits per heavy atom. The number of sulfonamides is 1. The third-order valence-corrected chi connectivity index (χ3v) is 4.92. The largest absolute Gasteiger partial charge is 0.396 e. The second kappa shape index (κ2) is 6.71. The van der Waals surface area contributed by atoms with Gasteiger partial charge in [0, 0.05) is 13.6 Å². The van der Waals surface area contributed by atoms with Gasteiger partial charge in [0.15, 0.2) is 0 Å². The zero-order valence-corrected chi connectivity index (χ0v) is 13.1. The first-order valence-corrected chi connectivity index (χ1v) is 7.80. The number of likely N-dealkylation sites (N-methyl/N-ethyl adjacent to an activating group) is 1. The Labute approximate surface area is 123 Å². The van der Waals surface area contributed by atoms with Gasteiger partial charge >= 0.3 is 0 Å². The Morgan fingerprint density at radius 3 is 2.60 bits per heavy atom. The highest BCUT2D eigenvalue weighted by Crippen LogP contribution is 2.28. The number of ether oxygens (including phenoxy) is 1. The van der Waals surface area contributed by atoms with Gasteiger partial charge in [0.25, 0.3) is 0 Å². The Bertz CT molecular complexity index is 578. The van der Waals surface area contributed by atoms with Crippen LogP contribution >= 0.6 is 11.6 Å². The van der Waals surface area contributed by atoms with Crippen LogP contribution in [0.5, 0.6) is 0 Å². The number of nitrogens with two attached hydrogens (primary N) is 1. The maximum atomic E-state index is 13.2. The molecule has 114 valence electrons. The van der Waals surface area contributed by atoms with E-state index in [-0.39, 0.29) is 34.9 Å². The van der Waals surface area contributed by atoms with Gasteiger partial charge in [-0.15, -0.1) is 0 Å². The highest BCUT2D eigenvalue weighted by atomic mass is 35.5. The molecule has 5 nitrogen and oxygen atoms in total. The summed E-state index contributed by atoms with van der Waals surface area (Å²) in [5.74, 6) is -0.750. The summed E-state index contributed by atoms with van der Waals surface area (Å²) >= 11 is 5.78. The van der Waals surface area contributed by atoms with Gasteiger partial charge in [0.05, 0.1) is 23.4 Å². The van der Waals surface area contributed by atoms with E-state index in [0.29, 0.717) is 0 Å². The molecule has 1 aromatic carbocycles.